The summed E-state index contributed by atoms with van der Waals surface area (Å²) in [6.07, 6.45) is 5.07. The van der Waals surface area contributed by atoms with E-state index >= 15 is 0 Å². The Labute approximate surface area is 127 Å². The number of hydrogen-bond acceptors (Lipinski definition) is 3. The predicted octanol–water partition coefficient (Wildman–Crippen LogP) is 3.80. The molecule has 1 heterocycles. The van der Waals surface area contributed by atoms with Gasteiger partial charge in [-0.25, -0.2) is 0 Å². The summed E-state index contributed by atoms with van der Waals surface area (Å²) in [5, 5.41) is 0. The van der Waals surface area contributed by atoms with E-state index < -0.39 is 0 Å². The van der Waals surface area contributed by atoms with Gasteiger partial charge in [-0.15, -0.1) is 12.4 Å². The van der Waals surface area contributed by atoms with Crippen LogP contribution in [0.25, 0.3) is 0 Å². The number of rotatable bonds is 4. The minimum absolute atomic E-state index is 0. The molecule has 2 aliphatic rings. The molecule has 3 nitrogen and oxygen atoms in total. The van der Waals surface area contributed by atoms with Crippen molar-refractivity contribution in [2.75, 3.05) is 20.9 Å². The molecular formula is C16H24ClNO2. The second kappa shape index (κ2) is 6.23. The summed E-state index contributed by atoms with van der Waals surface area (Å²) in [5.74, 6) is 2.57. The Morgan fingerprint density at radius 1 is 1.20 bits per heavy atom. The first-order valence-corrected chi connectivity index (χ1v) is 7.29. The Morgan fingerprint density at radius 3 is 2.55 bits per heavy atom. The lowest BCUT2D eigenvalue weighted by Gasteiger charge is -2.27. The highest BCUT2D eigenvalue weighted by atomic mass is 35.5. The van der Waals surface area contributed by atoms with Crippen molar-refractivity contribution in [2.45, 2.75) is 38.6 Å². The van der Waals surface area contributed by atoms with Crippen molar-refractivity contribution in [3.05, 3.63) is 23.3 Å². The van der Waals surface area contributed by atoms with E-state index in [1.807, 2.05) is 0 Å². The maximum atomic E-state index is 5.53. The van der Waals surface area contributed by atoms with E-state index in [0.29, 0.717) is 12.8 Å². The van der Waals surface area contributed by atoms with Gasteiger partial charge in [0.25, 0.3) is 0 Å². The van der Waals surface area contributed by atoms with Crippen LogP contribution in [0.5, 0.6) is 11.5 Å². The van der Waals surface area contributed by atoms with Crippen molar-refractivity contribution in [3.8, 4) is 11.5 Å². The average Bonchev–Trinajstić information content (AvgIpc) is 2.95. The van der Waals surface area contributed by atoms with Gasteiger partial charge in [0, 0.05) is 6.04 Å². The van der Waals surface area contributed by atoms with Gasteiger partial charge in [-0.1, -0.05) is 19.8 Å². The smallest absolute Gasteiger partial charge is 0.231 e. The standard InChI is InChI=1S/C16H23NO2.ClH/c1-4-5-6-11-7-12-8-14-15(19-10-18-14)9-13(12)16(11)17(2)3;/h8-9,11,16H,4-7,10H2,1-3H3;1H/t11-,16-;/m1./s1. The summed E-state index contributed by atoms with van der Waals surface area (Å²) in [6, 6.07) is 4.92. The topological polar surface area (TPSA) is 21.7 Å². The molecule has 1 aliphatic carbocycles. The minimum Gasteiger partial charge on any atom is -0.454 e. The molecule has 0 bridgehead atoms. The van der Waals surface area contributed by atoms with Crippen LogP contribution in [0.3, 0.4) is 0 Å². The zero-order valence-electron chi connectivity index (χ0n) is 12.5. The molecule has 112 valence electrons. The Morgan fingerprint density at radius 2 is 1.90 bits per heavy atom. The molecular weight excluding hydrogens is 274 g/mol. The molecule has 4 heteroatoms. The van der Waals surface area contributed by atoms with Crippen LogP contribution in [-0.4, -0.2) is 25.8 Å². The number of halogens is 1. The molecule has 0 saturated carbocycles. The number of ether oxygens (including phenoxy) is 2. The first-order chi connectivity index (χ1) is 9.20. The summed E-state index contributed by atoms with van der Waals surface area (Å²) in [7, 11) is 4.37. The molecule has 2 atom stereocenters. The molecule has 1 aromatic carbocycles. The fraction of sp³-hybridized carbons (Fsp3) is 0.625. The molecule has 3 rings (SSSR count). The van der Waals surface area contributed by atoms with Crippen LogP contribution >= 0.6 is 12.4 Å². The van der Waals surface area contributed by atoms with E-state index in [0.717, 1.165) is 17.4 Å². The lowest BCUT2D eigenvalue weighted by atomic mass is 9.94. The molecule has 0 amide bonds. The number of hydrogen-bond donors (Lipinski definition) is 0. The fourth-order valence-electron chi connectivity index (χ4n) is 3.53. The Kier molecular flexibility index (Phi) is 4.82. The maximum Gasteiger partial charge on any atom is 0.231 e. The fourth-order valence-corrected chi connectivity index (χ4v) is 3.53. The molecule has 0 spiro atoms. The highest BCUT2D eigenvalue weighted by Crippen LogP contribution is 2.46. The normalized spacial score (nSPS) is 22.8. The summed E-state index contributed by atoms with van der Waals surface area (Å²) < 4.78 is 11.0. The third kappa shape index (κ3) is 2.61. The van der Waals surface area contributed by atoms with Gasteiger partial charge >= 0.3 is 0 Å². The molecule has 0 fully saturated rings. The number of unbranched alkanes of at least 4 members (excludes halogenated alkanes) is 1. The highest BCUT2D eigenvalue weighted by molar-refractivity contribution is 5.85. The summed E-state index contributed by atoms with van der Waals surface area (Å²) >= 11 is 0. The Balaban J connectivity index is 0.00000147. The second-order valence-corrected chi connectivity index (χ2v) is 5.92. The molecule has 0 N–H and O–H groups in total. The summed E-state index contributed by atoms with van der Waals surface area (Å²) in [5.41, 5.74) is 2.89. The van der Waals surface area contributed by atoms with Crippen LogP contribution in [0.1, 0.15) is 43.4 Å². The SMILES string of the molecule is CCCC[C@@H]1Cc2cc3c(cc2[C@@H]1N(C)C)OCO3.Cl. The molecule has 1 aromatic rings. The van der Waals surface area contributed by atoms with Gasteiger partial charge in [0.15, 0.2) is 11.5 Å². The minimum atomic E-state index is 0. The third-order valence-electron chi connectivity index (χ3n) is 4.37. The summed E-state index contributed by atoms with van der Waals surface area (Å²) in [4.78, 5) is 2.36. The van der Waals surface area contributed by atoms with E-state index in [1.165, 1.54) is 36.8 Å². The first kappa shape index (κ1) is 15.5. The predicted molar refractivity (Wildman–Crippen MR) is 83.0 cm³/mol. The van der Waals surface area contributed by atoms with E-state index in [2.05, 4.69) is 38.1 Å². The van der Waals surface area contributed by atoms with Gasteiger partial charge in [0.2, 0.25) is 6.79 Å². The highest BCUT2D eigenvalue weighted by Gasteiger charge is 2.35. The molecule has 20 heavy (non-hydrogen) atoms. The quantitative estimate of drug-likeness (QED) is 0.844. The molecule has 0 unspecified atom stereocenters. The van der Waals surface area contributed by atoms with Crippen LogP contribution in [0.2, 0.25) is 0 Å². The maximum absolute atomic E-state index is 5.53. The molecule has 1 aliphatic heterocycles. The Bertz CT molecular complexity index is 476. The summed E-state index contributed by atoms with van der Waals surface area (Å²) in [6.45, 7) is 2.63. The van der Waals surface area contributed by atoms with Gasteiger partial charge in [-0.2, -0.15) is 0 Å². The van der Waals surface area contributed by atoms with Gasteiger partial charge < -0.3 is 14.4 Å². The number of nitrogens with zero attached hydrogens (tertiary/aromatic N) is 1. The van der Waals surface area contributed by atoms with Crippen molar-refractivity contribution in [2.24, 2.45) is 5.92 Å². The Hall–Kier alpha value is -0.930. The van der Waals surface area contributed by atoms with E-state index in [9.17, 15) is 0 Å². The largest absolute Gasteiger partial charge is 0.454 e. The van der Waals surface area contributed by atoms with Crippen molar-refractivity contribution in [1.29, 1.82) is 0 Å². The van der Waals surface area contributed by atoms with Crippen molar-refractivity contribution >= 4 is 12.4 Å². The lowest BCUT2D eigenvalue weighted by molar-refractivity contribution is 0.173. The van der Waals surface area contributed by atoms with Crippen molar-refractivity contribution in [1.82, 2.24) is 4.90 Å². The van der Waals surface area contributed by atoms with Crippen LogP contribution in [0.15, 0.2) is 12.1 Å². The zero-order valence-corrected chi connectivity index (χ0v) is 13.3. The first-order valence-electron chi connectivity index (χ1n) is 7.29. The monoisotopic (exact) mass is 297 g/mol. The van der Waals surface area contributed by atoms with Gasteiger partial charge in [0.05, 0.1) is 0 Å². The van der Waals surface area contributed by atoms with Crippen LogP contribution in [0, 0.1) is 5.92 Å². The van der Waals surface area contributed by atoms with E-state index in [4.69, 9.17) is 9.47 Å². The van der Waals surface area contributed by atoms with Gasteiger partial charge in [-0.3, -0.25) is 0 Å². The van der Waals surface area contributed by atoms with Crippen LogP contribution in [0.4, 0.5) is 0 Å². The van der Waals surface area contributed by atoms with Crippen molar-refractivity contribution < 1.29 is 9.47 Å². The number of benzene rings is 1. The average molecular weight is 298 g/mol. The van der Waals surface area contributed by atoms with Crippen molar-refractivity contribution in [3.63, 3.8) is 0 Å². The molecule has 0 radical (unpaired) electrons. The van der Waals surface area contributed by atoms with Crippen LogP contribution < -0.4 is 9.47 Å². The van der Waals surface area contributed by atoms with Gasteiger partial charge in [-0.05, 0) is 56.1 Å². The molecule has 0 aromatic heterocycles. The van der Waals surface area contributed by atoms with Crippen LogP contribution in [-0.2, 0) is 6.42 Å². The lowest BCUT2D eigenvalue weighted by Crippen LogP contribution is -2.24. The zero-order chi connectivity index (χ0) is 13.4. The third-order valence-corrected chi connectivity index (χ3v) is 4.37. The van der Waals surface area contributed by atoms with Gasteiger partial charge in [0.1, 0.15) is 0 Å². The number of fused-ring (bicyclic) bond motifs is 2. The van der Waals surface area contributed by atoms with E-state index in [-0.39, 0.29) is 12.4 Å². The van der Waals surface area contributed by atoms with E-state index in [1.54, 1.807) is 0 Å². The second-order valence-electron chi connectivity index (χ2n) is 5.92. The molecule has 0 saturated heterocycles.